The van der Waals surface area contributed by atoms with E-state index in [4.69, 9.17) is 11.6 Å². The number of rotatable bonds is 7. The van der Waals surface area contributed by atoms with Gasteiger partial charge in [-0.15, -0.1) is 10.2 Å². The zero-order valence-electron chi connectivity index (χ0n) is 13.2. The summed E-state index contributed by atoms with van der Waals surface area (Å²) in [5, 5.41) is 14.4. The highest BCUT2D eigenvalue weighted by Gasteiger charge is 2.08. The monoisotopic (exact) mass is 333 g/mol. The first-order valence-corrected chi connectivity index (χ1v) is 7.71. The fourth-order valence-corrected chi connectivity index (χ4v) is 2.11. The summed E-state index contributed by atoms with van der Waals surface area (Å²) >= 11 is 5.88. The molecular formula is C16H20ClN5O. The Hall–Kier alpha value is -2.18. The lowest BCUT2D eigenvalue weighted by Gasteiger charge is -2.10. The Balaban J connectivity index is 1.87. The first-order chi connectivity index (χ1) is 11.0. The van der Waals surface area contributed by atoms with Crippen molar-refractivity contribution in [2.45, 2.75) is 6.42 Å². The van der Waals surface area contributed by atoms with Crippen molar-refractivity contribution in [3.8, 4) is 0 Å². The topological polar surface area (TPSA) is 70.2 Å². The second-order valence-corrected chi connectivity index (χ2v) is 5.79. The minimum Gasteiger partial charge on any atom is -0.369 e. The van der Waals surface area contributed by atoms with E-state index in [9.17, 15) is 4.79 Å². The van der Waals surface area contributed by atoms with E-state index in [1.54, 1.807) is 36.4 Å². The molecule has 1 aromatic carbocycles. The third-order valence-electron chi connectivity index (χ3n) is 3.07. The van der Waals surface area contributed by atoms with Gasteiger partial charge in [0.25, 0.3) is 5.91 Å². The molecule has 0 aliphatic rings. The Kier molecular flexibility index (Phi) is 6.31. The Morgan fingerprint density at radius 3 is 2.70 bits per heavy atom. The zero-order chi connectivity index (χ0) is 16.7. The van der Waals surface area contributed by atoms with Crippen LogP contribution in [0.25, 0.3) is 0 Å². The van der Waals surface area contributed by atoms with E-state index in [-0.39, 0.29) is 11.6 Å². The lowest BCUT2D eigenvalue weighted by atomic mass is 10.3. The maximum absolute atomic E-state index is 12.1. The molecule has 1 amide bonds. The van der Waals surface area contributed by atoms with Crippen molar-refractivity contribution in [2.24, 2.45) is 0 Å². The van der Waals surface area contributed by atoms with Crippen molar-refractivity contribution in [1.29, 1.82) is 0 Å². The molecule has 2 aromatic rings. The molecular weight excluding hydrogens is 314 g/mol. The predicted molar refractivity (Wildman–Crippen MR) is 93.1 cm³/mol. The minimum atomic E-state index is -0.320. The molecule has 0 atom stereocenters. The van der Waals surface area contributed by atoms with E-state index in [2.05, 4.69) is 25.7 Å². The summed E-state index contributed by atoms with van der Waals surface area (Å²) in [4.78, 5) is 14.2. The third kappa shape index (κ3) is 5.84. The molecule has 7 heteroatoms. The normalized spacial score (nSPS) is 10.6. The van der Waals surface area contributed by atoms with E-state index in [0.29, 0.717) is 16.5 Å². The van der Waals surface area contributed by atoms with Gasteiger partial charge < -0.3 is 15.5 Å². The summed E-state index contributed by atoms with van der Waals surface area (Å²) in [7, 11) is 4.07. The Bertz CT molecular complexity index is 645. The van der Waals surface area contributed by atoms with Crippen LogP contribution in [0.15, 0.2) is 36.4 Å². The summed E-state index contributed by atoms with van der Waals surface area (Å²) in [5.74, 6) is 0.335. The highest BCUT2D eigenvalue weighted by molar-refractivity contribution is 6.30. The van der Waals surface area contributed by atoms with Gasteiger partial charge in [-0.3, -0.25) is 4.79 Å². The van der Waals surface area contributed by atoms with Gasteiger partial charge in [-0.2, -0.15) is 0 Å². The number of aromatic nitrogens is 2. The fraction of sp³-hybridized carbons (Fsp3) is 0.312. The van der Waals surface area contributed by atoms with Gasteiger partial charge in [-0.1, -0.05) is 17.7 Å². The lowest BCUT2D eigenvalue weighted by Crippen LogP contribution is -2.17. The van der Waals surface area contributed by atoms with Crippen molar-refractivity contribution in [3.63, 3.8) is 0 Å². The number of amides is 1. The average molecular weight is 334 g/mol. The van der Waals surface area contributed by atoms with Gasteiger partial charge in [-0.25, -0.2) is 0 Å². The summed E-state index contributed by atoms with van der Waals surface area (Å²) in [5.41, 5.74) is 0.874. The van der Waals surface area contributed by atoms with Crippen molar-refractivity contribution in [3.05, 3.63) is 47.1 Å². The van der Waals surface area contributed by atoms with Crippen LogP contribution < -0.4 is 10.6 Å². The first-order valence-electron chi connectivity index (χ1n) is 7.34. The van der Waals surface area contributed by atoms with Crippen molar-refractivity contribution in [2.75, 3.05) is 37.8 Å². The van der Waals surface area contributed by atoms with Crippen LogP contribution in [0.1, 0.15) is 16.9 Å². The average Bonchev–Trinajstić information content (AvgIpc) is 2.52. The van der Waals surface area contributed by atoms with Gasteiger partial charge in [0.2, 0.25) is 0 Å². The fourth-order valence-electron chi connectivity index (χ4n) is 1.92. The number of nitrogens with zero attached hydrogens (tertiary/aromatic N) is 3. The molecule has 0 saturated carbocycles. The van der Waals surface area contributed by atoms with E-state index in [1.165, 1.54) is 0 Å². The highest BCUT2D eigenvalue weighted by atomic mass is 35.5. The van der Waals surface area contributed by atoms with Crippen molar-refractivity contribution < 1.29 is 4.79 Å². The van der Waals surface area contributed by atoms with E-state index < -0.39 is 0 Å². The molecule has 0 saturated heterocycles. The molecule has 1 aromatic heterocycles. The number of anilines is 2. The SMILES string of the molecule is CN(C)CCCNc1ccc(C(=O)Nc2cccc(Cl)c2)nn1. The minimum absolute atomic E-state index is 0.254. The number of halogens is 1. The van der Waals surface area contributed by atoms with E-state index in [1.807, 2.05) is 14.1 Å². The molecule has 2 N–H and O–H groups in total. The highest BCUT2D eigenvalue weighted by Crippen LogP contribution is 2.15. The molecule has 23 heavy (non-hydrogen) atoms. The number of nitrogens with one attached hydrogen (secondary N) is 2. The number of hydrogen-bond acceptors (Lipinski definition) is 5. The Morgan fingerprint density at radius 2 is 2.04 bits per heavy atom. The van der Waals surface area contributed by atoms with Gasteiger partial charge in [0.05, 0.1) is 0 Å². The van der Waals surface area contributed by atoms with E-state index in [0.717, 1.165) is 19.5 Å². The number of carbonyl (C=O) groups excluding carboxylic acids is 1. The summed E-state index contributed by atoms with van der Waals surface area (Å²) < 4.78 is 0. The van der Waals surface area contributed by atoms with Gasteiger partial charge in [-0.05, 0) is 57.4 Å². The molecule has 0 fully saturated rings. The van der Waals surface area contributed by atoms with Crippen molar-refractivity contribution in [1.82, 2.24) is 15.1 Å². The van der Waals surface area contributed by atoms with Crippen LogP contribution in [-0.4, -0.2) is 48.2 Å². The number of hydrogen-bond donors (Lipinski definition) is 2. The van der Waals surface area contributed by atoms with Crippen LogP contribution >= 0.6 is 11.6 Å². The van der Waals surface area contributed by atoms with Gasteiger partial charge in [0, 0.05) is 17.3 Å². The first kappa shape index (κ1) is 17.2. The quantitative estimate of drug-likeness (QED) is 0.762. The molecule has 0 aliphatic carbocycles. The molecule has 0 spiro atoms. The molecule has 122 valence electrons. The third-order valence-corrected chi connectivity index (χ3v) is 3.30. The molecule has 0 radical (unpaired) electrons. The van der Waals surface area contributed by atoms with Crippen LogP contribution in [-0.2, 0) is 0 Å². The van der Waals surface area contributed by atoms with Crippen LogP contribution in [0.5, 0.6) is 0 Å². The smallest absolute Gasteiger partial charge is 0.276 e. The van der Waals surface area contributed by atoms with Gasteiger partial charge in [0.15, 0.2) is 5.69 Å². The summed E-state index contributed by atoms with van der Waals surface area (Å²) in [6, 6.07) is 10.3. The second-order valence-electron chi connectivity index (χ2n) is 5.35. The summed E-state index contributed by atoms with van der Waals surface area (Å²) in [6.45, 7) is 1.81. The van der Waals surface area contributed by atoms with Gasteiger partial charge >= 0.3 is 0 Å². The standard InChI is InChI=1S/C16H20ClN5O/c1-22(2)10-4-9-18-15-8-7-14(20-21-15)16(23)19-13-6-3-5-12(17)11-13/h3,5-8,11H,4,9-10H2,1-2H3,(H,18,21)(H,19,23). The molecule has 0 unspecified atom stereocenters. The molecule has 0 aliphatic heterocycles. The molecule has 2 rings (SSSR count). The number of benzene rings is 1. The molecule has 6 nitrogen and oxygen atoms in total. The van der Waals surface area contributed by atoms with Crippen molar-refractivity contribution >= 4 is 29.0 Å². The maximum atomic E-state index is 12.1. The summed E-state index contributed by atoms with van der Waals surface area (Å²) in [6.07, 6.45) is 1.01. The lowest BCUT2D eigenvalue weighted by molar-refractivity contribution is 0.102. The van der Waals surface area contributed by atoms with Crippen LogP contribution in [0, 0.1) is 0 Å². The zero-order valence-corrected chi connectivity index (χ0v) is 14.0. The number of carbonyl (C=O) groups is 1. The van der Waals surface area contributed by atoms with Crippen LogP contribution in [0.2, 0.25) is 5.02 Å². The predicted octanol–water partition coefficient (Wildman–Crippen LogP) is 2.75. The molecule has 0 bridgehead atoms. The van der Waals surface area contributed by atoms with E-state index >= 15 is 0 Å². The van der Waals surface area contributed by atoms with Crippen LogP contribution in [0.3, 0.4) is 0 Å². The molecule has 1 heterocycles. The maximum Gasteiger partial charge on any atom is 0.276 e. The van der Waals surface area contributed by atoms with Crippen LogP contribution in [0.4, 0.5) is 11.5 Å². The largest absolute Gasteiger partial charge is 0.369 e. The second kappa shape index (κ2) is 8.45. The van der Waals surface area contributed by atoms with Gasteiger partial charge in [0.1, 0.15) is 5.82 Å². The Morgan fingerprint density at radius 1 is 1.22 bits per heavy atom. The Labute approximate surface area is 140 Å².